The highest BCUT2D eigenvalue weighted by atomic mass is 16.2. The maximum atomic E-state index is 12.3. The number of aryl methyl sites for hydroxylation is 1. The Kier molecular flexibility index (Phi) is 4.15. The molecule has 1 aromatic carbocycles. The van der Waals surface area contributed by atoms with E-state index in [1.807, 2.05) is 36.1 Å². The number of rotatable bonds is 1. The molecule has 1 saturated heterocycles. The highest BCUT2D eigenvalue weighted by molar-refractivity contribution is 5.94. The van der Waals surface area contributed by atoms with E-state index in [1.54, 1.807) is 0 Å². The Bertz CT molecular complexity index is 382. The summed E-state index contributed by atoms with van der Waals surface area (Å²) in [6, 6.07) is 7.84. The van der Waals surface area contributed by atoms with Crippen LogP contribution in [0.4, 0.5) is 0 Å². The third-order valence-electron chi connectivity index (χ3n) is 3.14. The summed E-state index contributed by atoms with van der Waals surface area (Å²) >= 11 is 0. The smallest absolute Gasteiger partial charge is 0.253 e. The van der Waals surface area contributed by atoms with E-state index in [4.69, 9.17) is 0 Å². The number of hydrogen-bond acceptors (Lipinski definition) is 2. The summed E-state index contributed by atoms with van der Waals surface area (Å²) in [5, 5.41) is 3.34. The van der Waals surface area contributed by atoms with Gasteiger partial charge < -0.3 is 10.2 Å². The molecule has 3 nitrogen and oxygen atoms in total. The fourth-order valence-electron chi connectivity index (χ4n) is 2.17. The van der Waals surface area contributed by atoms with E-state index in [0.717, 1.165) is 50.1 Å². The molecule has 1 aromatic rings. The minimum atomic E-state index is 0.164. The van der Waals surface area contributed by atoms with Gasteiger partial charge in [0.2, 0.25) is 0 Å². The molecule has 1 fully saturated rings. The molecule has 0 atom stereocenters. The van der Waals surface area contributed by atoms with Gasteiger partial charge in [0.1, 0.15) is 0 Å². The molecule has 1 amide bonds. The molecular weight excluding hydrogens is 212 g/mol. The first kappa shape index (κ1) is 12.1. The van der Waals surface area contributed by atoms with Crippen LogP contribution < -0.4 is 5.32 Å². The van der Waals surface area contributed by atoms with Crippen LogP contribution in [-0.4, -0.2) is 37.0 Å². The Labute approximate surface area is 103 Å². The zero-order valence-corrected chi connectivity index (χ0v) is 10.4. The summed E-state index contributed by atoms with van der Waals surface area (Å²) in [6.07, 6.45) is 2.24. The Morgan fingerprint density at radius 1 is 1.24 bits per heavy atom. The van der Waals surface area contributed by atoms with Gasteiger partial charge in [0.05, 0.1) is 0 Å². The number of carbonyl (C=O) groups is 1. The highest BCUT2D eigenvalue weighted by Crippen LogP contribution is 2.09. The molecule has 0 radical (unpaired) electrons. The van der Waals surface area contributed by atoms with Gasteiger partial charge >= 0.3 is 0 Å². The van der Waals surface area contributed by atoms with Gasteiger partial charge in [-0.05, 0) is 38.4 Å². The van der Waals surface area contributed by atoms with Gasteiger partial charge in [0.25, 0.3) is 5.91 Å². The van der Waals surface area contributed by atoms with Crippen molar-refractivity contribution in [3.05, 3.63) is 35.4 Å². The number of nitrogens with one attached hydrogen (secondary N) is 1. The first-order chi connectivity index (χ1) is 8.27. The van der Waals surface area contributed by atoms with Crippen molar-refractivity contribution in [2.24, 2.45) is 0 Å². The van der Waals surface area contributed by atoms with Crippen LogP contribution in [0.1, 0.15) is 28.8 Å². The van der Waals surface area contributed by atoms with E-state index in [0.29, 0.717) is 0 Å². The van der Waals surface area contributed by atoms with Crippen LogP contribution >= 0.6 is 0 Å². The van der Waals surface area contributed by atoms with Gasteiger partial charge in [-0.15, -0.1) is 0 Å². The number of hydrogen-bond donors (Lipinski definition) is 1. The second-order valence-electron chi connectivity index (χ2n) is 4.62. The van der Waals surface area contributed by atoms with E-state index in [-0.39, 0.29) is 5.91 Å². The summed E-state index contributed by atoms with van der Waals surface area (Å²) in [7, 11) is 0. The van der Waals surface area contributed by atoms with E-state index in [2.05, 4.69) is 5.32 Å². The van der Waals surface area contributed by atoms with Crippen LogP contribution in [0.15, 0.2) is 24.3 Å². The van der Waals surface area contributed by atoms with Crippen molar-refractivity contribution >= 4 is 5.91 Å². The largest absolute Gasteiger partial charge is 0.337 e. The first-order valence-electron chi connectivity index (χ1n) is 6.34. The van der Waals surface area contributed by atoms with Crippen molar-refractivity contribution < 1.29 is 4.79 Å². The zero-order valence-electron chi connectivity index (χ0n) is 10.4. The Morgan fingerprint density at radius 2 is 2.12 bits per heavy atom. The Morgan fingerprint density at radius 3 is 2.94 bits per heavy atom. The molecule has 0 saturated carbocycles. The molecule has 1 N–H and O–H groups in total. The summed E-state index contributed by atoms with van der Waals surface area (Å²) in [5.41, 5.74) is 1.95. The Balaban J connectivity index is 2.07. The van der Waals surface area contributed by atoms with Crippen LogP contribution in [0.25, 0.3) is 0 Å². The van der Waals surface area contributed by atoms with Crippen LogP contribution in [0.5, 0.6) is 0 Å². The SMILES string of the molecule is Cc1cccc(C(=O)N2CCCCNCC2)c1. The van der Waals surface area contributed by atoms with Crippen molar-refractivity contribution in [1.29, 1.82) is 0 Å². The Hall–Kier alpha value is -1.35. The van der Waals surface area contributed by atoms with Crippen molar-refractivity contribution in [1.82, 2.24) is 10.2 Å². The van der Waals surface area contributed by atoms with Gasteiger partial charge in [-0.3, -0.25) is 4.79 Å². The average molecular weight is 232 g/mol. The molecule has 0 unspecified atom stereocenters. The predicted molar refractivity (Wildman–Crippen MR) is 69.2 cm³/mol. The lowest BCUT2D eigenvalue weighted by molar-refractivity contribution is 0.0748. The van der Waals surface area contributed by atoms with E-state index >= 15 is 0 Å². The van der Waals surface area contributed by atoms with Crippen LogP contribution in [0, 0.1) is 6.92 Å². The van der Waals surface area contributed by atoms with E-state index in [1.165, 1.54) is 0 Å². The summed E-state index contributed by atoms with van der Waals surface area (Å²) in [5.74, 6) is 0.164. The standard InChI is InChI=1S/C14H20N2O/c1-12-5-4-6-13(11-12)14(17)16-9-3-2-7-15-8-10-16/h4-6,11,15H,2-3,7-10H2,1H3. The lowest BCUT2D eigenvalue weighted by Crippen LogP contribution is -2.40. The lowest BCUT2D eigenvalue weighted by atomic mass is 10.1. The fourth-order valence-corrected chi connectivity index (χ4v) is 2.17. The molecule has 2 rings (SSSR count). The number of nitrogens with zero attached hydrogens (tertiary/aromatic N) is 1. The van der Waals surface area contributed by atoms with Gasteiger partial charge in [0.15, 0.2) is 0 Å². The third-order valence-corrected chi connectivity index (χ3v) is 3.14. The molecule has 1 aliphatic rings. The molecular formula is C14H20N2O. The highest BCUT2D eigenvalue weighted by Gasteiger charge is 2.16. The first-order valence-corrected chi connectivity index (χ1v) is 6.34. The normalized spacial score (nSPS) is 17.4. The molecule has 3 heteroatoms. The summed E-state index contributed by atoms with van der Waals surface area (Å²) in [6.45, 7) is 5.69. The maximum Gasteiger partial charge on any atom is 0.253 e. The van der Waals surface area contributed by atoms with Gasteiger partial charge in [-0.2, -0.15) is 0 Å². The molecule has 1 aliphatic heterocycles. The van der Waals surface area contributed by atoms with E-state index in [9.17, 15) is 4.79 Å². The number of benzene rings is 1. The molecule has 0 spiro atoms. The van der Waals surface area contributed by atoms with Gasteiger partial charge in [-0.1, -0.05) is 17.7 Å². The number of carbonyl (C=O) groups excluding carboxylic acids is 1. The summed E-state index contributed by atoms with van der Waals surface area (Å²) < 4.78 is 0. The van der Waals surface area contributed by atoms with E-state index < -0.39 is 0 Å². The van der Waals surface area contributed by atoms with Crippen LogP contribution in [0.3, 0.4) is 0 Å². The average Bonchev–Trinajstić information content (AvgIpc) is 2.28. The minimum absolute atomic E-state index is 0.164. The quantitative estimate of drug-likeness (QED) is 0.801. The van der Waals surface area contributed by atoms with Gasteiger partial charge in [-0.25, -0.2) is 0 Å². The topological polar surface area (TPSA) is 32.3 Å². The minimum Gasteiger partial charge on any atom is -0.337 e. The van der Waals surface area contributed by atoms with Crippen molar-refractivity contribution in [3.63, 3.8) is 0 Å². The predicted octanol–water partition coefficient (Wildman–Crippen LogP) is 1.82. The molecule has 1 heterocycles. The monoisotopic (exact) mass is 232 g/mol. The van der Waals surface area contributed by atoms with Crippen LogP contribution in [-0.2, 0) is 0 Å². The molecule has 92 valence electrons. The third kappa shape index (κ3) is 3.30. The number of amides is 1. The van der Waals surface area contributed by atoms with Crippen molar-refractivity contribution in [2.45, 2.75) is 19.8 Å². The zero-order chi connectivity index (χ0) is 12.1. The molecule has 17 heavy (non-hydrogen) atoms. The molecule has 0 aromatic heterocycles. The maximum absolute atomic E-state index is 12.3. The fraction of sp³-hybridized carbons (Fsp3) is 0.500. The molecule has 0 aliphatic carbocycles. The summed E-state index contributed by atoms with van der Waals surface area (Å²) in [4.78, 5) is 14.3. The second-order valence-corrected chi connectivity index (χ2v) is 4.62. The van der Waals surface area contributed by atoms with Crippen molar-refractivity contribution in [2.75, 3.05) is 26.2 Å². The van der Waals surface area contributed by atoms with Gasteiger partial charge in [0, 0.05) is 25.2 Å². The molecule has 0 bridgehead atoms. The van der Waals surface area contributed by atoms with Crippen molar-refractivity contribution in [3.8, 4) is 0 Å². The van der Waals surface area contributed by atoms with Crippen LogP contribution in [0.2, 0.25) is 0 Å². The second kappa shape index (κ2) is 5.82. The lowest BCUT2D eigenvalue weighted by Gasteiger charge is -2.25.